The number of hydrogen-bond acceptors (Lipinski definition) is 4. The van der Waals surface area contributed by atoms with Crippen LogP contribution in [0.4, 0.5) is 13.2 Å². The summed E-state index contributed by atoms with van der Waals surface area (Å²) in [5.41, 5.74) is 0. The molecule has 0 aliphatic carbocycles. The molecule has 0 spiro atoms. The van der Waals surface area contributed by atoms with Crippen LogP contribution >= 0.6 is 11.3 Å². The van der Waals surface area contributed by atoms with Crippen LogP contribution in [0, 0.1) is 5.92 Å². The SMILES string of the molecule is CC(=O)NCc1ccc(S(=O)(=O)N(CC(C)C)CC(F)(F)F)s1. The lowest BCUT2D eigenvalue weighted by Crippen LogP contribution is -2.40. The maximum atomic E-state index is 12.7. The first-order valence-electron chi connectivity index (χ1n) is 6.82. The number of thiophene rings is 1. The molecular weight excluding hydrogens is 353 g/mol. The number of nitrogens with one attached hydrogen (secondary N) is 1. The monoisotopic (exact) mass is 372 g/mol. The third kappa shape index (κ3) is 6.48. The van der Waals surface area contributed by atoms with Crippen molar-refractivity contribution in [3.05, 3.63) is 17.0 Å². The molecule has 0 atom stereocenters. The van der Waals surface area contributed by atoms with E-state index in [1.54, 1.807) is 13.8 Å². The van der Waals surface area contributed by atoms with E-state index in [1.807, 2.05) is 0 Å². The van der Waals surface area contributed by atoms with E-state index >= 15 is 0 Å². The van der Waals surface area contributed by atoms with Gasteiger partial charge in [0.15, 0.2) is 0 Å². The molecule has 0 fully saturated rings. The molecule has 1 heterocycles. The summed E-state index contributed by atoms with van der Waals surface area (Å²) in [5, 5.41) is 2.51. The zero-order valence-corrected chi connectivity index (χ0v) is 14.6. The third-order valence-electron chi connectivity index (χ3n) is 2.67. The molecule has 0 saturated heterocycles. The summed E-state index contributed by atoms with van der Waals surface area (Å²) in [7, 11) is -4.23. The highest BCUT2D eigenvalue weighted by Crippen LogP contribution is 2.28. The van der Waals surface area contributed by atoms with Crippen LogP contribution in [0.3, 0.4) is 0 Å². The summed E-state index contributed by atoms with van der Waals surface area (Å²) in [6, 6.07) is 2.75. The van der Waals surface area contributed by atoms with E-state index in [-0.39, 0.29) is 29.1 Å². The fourth-order valence-electron chi connectivity index (χ4n) is 1.79. The number of halogens is 3. The fourth-order valence-corrected chi connectivity index (χ4v) is 4.82. The Balaban J connectivity index is 3.02. The quantitative estimate of drug-likeness (QED) is 0.800. The predicted molar refractivity (Wildman–Crippen MR) is 81.5 cm³/mol. The molecule has 0 bridgehead atoms. The average Bonchev–Trinajstić information content (AvgIpc) is 2.82. The highest BCUT2D eigenvalue weighted by molar-refractivity contribution is 7.91. The maximum absolute atomic E-state index is 12.7. The number of rotatable bonds is 7. The summed E-state index contributed by atoms with van der Waals surface area (Å²) >= 11 is 0.852. The Morgan fingerprint density at radius 3 is 2.43 bits per heavy atom. The van der Waals surface area contributed by atoms with E-state index in [4.69, 9.17) is 0 Å². The summed E-state index contributed by atoms with van der Waals surface area (Å²) in [6.45, 7) is 3.01. The molecule has 10 heteroatoms. The molecule has 0 aliphatic heterocycles. The Labute approximate surface area is 137 Å². The van der Waals surface area contributed by atoms with Gasteiger partial charge in [-0.25, -0.2) is 8.42 Å². The number of alkyl halides is 3. The Kier molecular flexibility index (Phi) is 6.60. The van der Waals surface area contributed by atoms with E-state index in [2.05, 4.69) is 5.32 Å². The van der Waals surface area contributed by atoms with Crippen molar-refractivity contribution < 1.29 is 26.4 Å². The fraction of sp³-hybridized carbons (Fsp3) is 0.615. The van der Waals surface area contributed by atoms with Gasteiger partial charge in [-0.05, 0) is 18.1 Å². The summed E-state index contributed by atoms with van der Waals surface area (Å²) in [4.78, 5) is 11.4. The van der Waals surface area contributed by atoms with Crippen LogP contribution < -0.4 is 5.32 Å². The first-order chi connectivity index (χ1) is 10.4. The summed E-state index contributed by atoms with van der Waals surface area (Å²) in [6.07, 6.45) is -4.61. The van der Waals surface area contributed by atoms with Gasteiger partial charge in [0.1, 0.15) is 10.8 Å². The molecular formula is C13H19F3N2O3S2. The van der Waals surface area contributed by atoms with Crippen LogP contribution in [0.1, 0.15) is 25.6 Å². The second-order valence-electron chi connectivity index (χ2n) is 5.44. The molecule has 0 aliphatic rings. The highest BCUT2D eigenvalue weighted by atomic mass is 32.2. The Morgan fingerprint density at radius 1 is 1.35 bits per heavy atom. The minimum atomic E-state index is -4.61. The summed E-state index contributed by atoms with van der Waals surface area (Å²) in [5.74, 6) is -0.521. The van der Waals surface area contributed by atoms with Gasteiger partial charge in [-0.3, -0.25) is 4.79 Å². The maximum Gasteiger partial charge on any atom is 0.402 e. The van der Waals surface area contributed by atoms with Gasteiger partial charge in [-0.15, -0.1) is 11.3 Å². The van der Waals surface area contributed by atoms with Crippen molar-refractivity contribution in [3.8, 4) is 0 Å². The zero-order valence-electron chi connectivity index (χ0n) is 13.0. The Hall–Kier alpha value is -1.13. The van der Waals surface area contributed by atoms with E-state index < -0.39 is 22.7 Å². The topological polar surface area (TPSA) is 66.5 Å². The molecule has 5 nitrogen and oxygen atoms in total. The van der Waals surface area contributed by atoms with Gasteiger partial charge < -0.3 is 5.32 Å². The van der Waals surface area contributed by atoms with Crippen molar-refractivity contribution >= 4 is 27.3 Å². The van der Waals surface area contributed by atoms with E-state index in [1.165, 1.54) is 19.1 Å². The average molecular weight is 372 g/mol. The number of nitrogens with zero attached hydrogens (tertiary/aromatic N) is 1. The normalized spacial score (nSPS) is 12.9. The van der Waals surface area contributed by atoms with Gasteiger partial charge in [0.25, 0.3) is 10.0 Å². The van der Waals surface area contributed by atoms with Gasteiger partial charge in [-0.2, -0.15) is 17.5 Å². The lowest BCUT2D eigenvalue weighted by molar-refractivity contribution is -0.136. The lowest BCUT2D eigenvalue weighted by Gasteiger charge is -2.24. The van der Waals surface area contributed by atoms with Crippen molar-refractivity contribution in [2.45, 2.75) is 37.7 Å². The number of amides is 1. The molecule has 1 aromatic rings. The molecule has 132 valence electrons. The molecule has 0 radical (unpaired) electrons. The summed E-state index contributed by atoms with van der Waals surface area (Å²) < 4.78 is 63.2. The molecule has 1 amide bonds. The smallest absolute Gasteiger partial charge is 0.351 e. The largest absolute Gasteiger partial charge is 0.402 e. The van der Waals surface area contributed by atoms with Crippen LogP contribution in [-0.2, 0) is 21.4 Å². The van der Waals surface area contributed by atoms with Crippen molar-refractivity contribution in [3.63, 3.8) is 0 Å². The van der Waals surface area contributed by atoms with Gasteiger partial charge in [0, 0.05) is 18.3 Å². The van der Waals surface area contributed by atoms with Crippen LogP contribution in [0.25, 0.3) is 0 Å². The first-order valence-corrected chi connectivity index (χ1v) is 9.07. The zero-order chi connectivity index (χ0) is 17.8. The molecule has 1 aromatic heterocycles. The van der Waals surface area contributed by atoms with E-state index in [0.717, 1.165) is 11.3 Å². The Morgan fingerprint density at radius 2 is 1.96 bits per heavy atom. The van der Waals surface area contributed by atoms with Crippen molar-refractivity contribution in [2.75, 3.05) is 13.1 Å². The Bertz CT molecular complexity index is 639. The minimum Gasteiger partial charge on any atom is -0.351 e. The van der Waals surface area contributed by atoms with Crippen LogP contribution in [0.2, 0.25) is 0 Å². The molecule has 1 rings (SSSR count). The second-order valence-corrected chi connectivity index (χ2v) is 8.77. The first kappa shape index (κ1) is 19.9. The van der Waals surface area contributed by atoms with Crippen molar-refractivity contribution in [1.29, 1.82) is 0 Å². The minimum absolute atomic E-state index is 0.138. The van der Waals surface area contributed by atoms with Gasteiger partial charge in [0.05, 0.1) is 6.54 Å². The molecule has 0 unspecified atom stereocenters. The van der Waals surface area contributed by atoms with Crippen LogP contribution in [0.15, 0.2) is 16.3 Å². The van der Waals surface area contributed by atoms with Gasteiger partial charge in [-0.1, -0.05) is 13.8 Å². The molecule has 0 saturated carbocycles. The number of sulfonamides is 1. The number of carbonyl (C=O) groups is 1. The van der Waals surface area contributed by atoms with Crippen LogP contribution in [0.5, 0.6) is 0 Å². The van der Waals surface area contributed by atoms with E-state index in [9.17, 15) is 26.4 Å². The molecule has 23 heavy (non-hydrogen) atoms. The second kappa shape index (κ2) is 7.63. The highest BCUT2D eigenvalue weighted by Gasteiger charge is 2.37. The van der Waals surface area contributed by atoms with Crippen LogP contribution in [-0.4, -0.2) is 37.9 Å². The standard InChI is InChI=1S/C13H19F3N2O3S2/c1-9(2)7-18(8-13(14,15)16)23(20,21)12-5-4-11(22-12)6-17-10(3)19/h4-5,9H,6-8H2,1-3H3,(H,17,19). The van der Waals surface area contributed by atoms with Gasteiger partial charge >= 0.3 is 6.18 Å². The number of carbonyl (C=O) groups excluding carboxylic acids is 1. The van der Waals surface area contributed by atoms with Gasteiger partial charge in [0.2, 0.25) is 5.91 Å². The molecule has 1 N–H and O–H groups in total. The van der Waals surface area contributed by atoms with E-state index in [0.29, 0.717) is 9.18 Å². The predicted octanol–water partition coefficient (Wildman–Crippen LogP) is 2.59. The van der Waals surface area contributed by atoms with Crippen molar-refractivity contribution in [2.24, 2.45) is 5.92 Å². The third-order valence-corrected chi connectivity index (χ3v) is 6.03. The van der Waals surface area contributed by atoms with Crippen molar-refractivity contribution in [1.82, 2.24) is 9.62 Å². The lowest BCUT2D eigenvalue weighted by atomic mass is 10.2. The number of hydrogen-bond donors (Lipinski definition) is 1. The molecule has 0 aromatic carbocycles.